The molecule has 0 amide bonds. The molecule has 1 fully saturated rings. The lowest BCUT2D eigenvalue weighted by Gasteiger charge is -2.28. The fraction of sp³-hybridized carbons (Fsp3) is 0.364. The van der Waals surface area contributed by atoms with E-state index < -0.39 is 0 Å². The molecular weight excluding hydrogens is 467 g/mol. The molecule has 0 spiro atoms. The molecule has 2 aromatic carbocycles. The first kappa shape index (κ1) is 23.2. The summed E-state index contributed by atoms with van der Waals surface area (Å²) in [5.41, 5.74) is 1.03. The molecule has 1 saturated heterocycles. The molecule has 31 heavy (non-hydrogen) atoms. The van der Waals surface area contributed by atoms with Gasteiger partial charge in [0.1, 0.15) is 18.0 Å². The third-order valence-electron chi connectivity index (χ3n) is 5.42. The quantitative estimate of drug-likeness (QED) is 0.554. The highest BCUT2D eigenvalue weighted by Crippen LogP contribution is 2.35. The van der Waals surface area contributed by atoms with Crippen LogP contribution in [0.15, 0.2) is 41.1 Å². The maximum absolute atomic E-state index is 14.3. The van der Waals surface area contributed by atoms with E-state index in [1.54, 1.807) is 19.2 Å². The Hall–Kier alpha value is -2.49. The van der Waals surface area contributed by atoms with Crippen molar-refractivity contribution >= 4 is 38.3 Å². The Morgan fingerprint density at radius 2 is 1.94 bits per heavy atom. The van der Waals surface area contributed by atoms with Gasteiger partial charge in [0.05, 0.1) is 24.9 Å². The smallest absolute Gasteiger partial charge is 0.163 e. The van der Waals surface area contributed by atoms with Crippen LogP contribution in [-0.4, -0.2) is 54.2 Å². The number of aromatic nitrogens is 2. The van der Waals surface area contributed by atoms with Crippen molar-refractivity contribution in [2.75, 3.05) is 39.2 Å². The molecule has 1 aliphatic heterocycles. The normalized spacial score (nSPS) is 14.8. The maximum atomic E-state index is 14.3. The minimum absolute atomic E-state index is 0. The Labute approximate surface area is 189 Å². The number of hydrogen-bond donors (Lipinski definition) is 1. The van der Waals surface area contributed by atoms with E-state index in [1.165, 1.54) is 12.4 Å². The summed E-state index contributed by atoms with van der Waals surface area (Å²) >= 11 is 3.27. The van der Waals surface area contributed by atoms with Gasteiger partial charge in [-0.1, -0.05) is 15.9 Å². The topological polar surface area (TPSA) is 91.0 Å². The molecule has 0 radical (unpaired) electrons. The molecule has 0 saturated carbocycles. The van der Waals surface area contributed by atoms with Gasteiger partial charge in [0, 0.05) is 15.9 Å². The lowest BCUT2D eigenvalue weighted by molar-refractivity contribution is 0.157. The standard InChI is InChI=1S/C22H24BrFN4O2.H2O/c1-28-7-5-14(6-8-28)12-30-21-11-19-16(10-20(21)29-2)22(26-13-25-19)27-18-4-3-15(23)9-17(18)24;/h3-4,9-11,13-14H,5-8,12H2,1-2H3,(H,25,26,27);1H2. The van der Waals surface area contributed by atoms with E-state index in [1.807, 2.05) is 12.1 Å². The summed E-state index contributed by atoms with van der Waals surface area (Å²) in [6.45, 7) is 2.84. The van der Waals surface area contributed by atoms with Gasteiger partial charge in [-0.3, -0.25) is 0 Å². The lowest BCUT2D eigenvalue weighted by atomic mass is 9.98. The molecule has 4 rings (SSSR count). The largest absolute Gasteiger partial charge is 0.493 e. The second-order valence-corrected chi connectivity index (χ2v) is 8.46. The van der Waals surface area contributed by atoms with Crippen molar-refractivity contribution < 1.29 is 19.3 Å². The van der Waals surface area contributed by atoms with Crippen molar-refractivity contribution in [1.29, 1.82) is 0 Å². The molecule has 0 atom stereocenters. The molecule has 1 aromatic heterocycles. The molecule has 0 bridgehead atoms. The fourth-order valence-corrected chi connectivity index (χ4v) is 3.92. The SMILES string of the molecule is COc1cc2c(Nc3ccc(Br)cc3F)ncnc2cc1OCC1CCN(C)CC1.O. The third-order valence-corrected chi connectivity index (χ3v) is 5.91. The van der Waals surface area contributed by atoms with Crippen LogP contribution in [0.25, 0.3) is 10.9 Å². The number of ether oxygens (including phenoxy) is 2. The number of hydrogen-bond acceptors (Lipinski definition) is 6. The predicted octanol–water partition coefficient (Wildman–Crippen LogP) is 4.18. The summed E-state index contributed by atoms with van der Waals surface area (Å²) in [7, 11) is 3.75. The summed E-state index contributed by atoms with van der Waals surface area (Å²) in [6.07, 6.45) is 3.71. The molecule has 166 valence electrons. The van der Waals surface area contributed by atoms with E-state index in [0.29, 0.717) is 45.5 Å². The summed E-state index contributed by atoms with van der Waals surface area (Å²) in [5.74, 6) is 1.92. The van der Waals surface area contributed by atoms with Gasteiger partial charge in [0.15, 0.2) is 11.5 Å². The zero-order valence-electron chi connectivity index (χ0n) is 17.5. The van der Waals surface area contributed by atoms with Gasteiger partial charge in [-0.05, 0) is 63.2 Å². The van der Waals surface area contributed by atoms with Crippen LogP contribution in [0.4, 0.5) is 15.9 Å². The average Bonchev–Trinajstić information content (AvgIpc) is 2.75. The third kappa shape index (κ3) is 5.41. The van der Waals surface area contributed by atoms with Crippen molar-refractivity contribution in [3.8, 4) is 11.5 Å². The van der Waals surface area contributed by atoms with E-state index in [9.17, 15) is 4.39 Å². The van der Waals surface area contributed by atoms with Crippen molar-refractivity contribution in [3.05, 3.63) is 46.9 Å². The van der Waals surface area contributed by atoms with Crippen molar-refractivity contribution in [2.24, 2.45) is 5.92 Å². The zero-order valence-corrected chi connectivity index (χ0v) is 19.1. The van der Waals surface area contributed by atoms with Crippen LogP contribution in [0.2, 0.25) is 0 Å². The monoisotopic (exact) mass is 492 g/mol. The van der Waals surface area contributed by atoms with Crippen LogP contribution < -0.4 is 14.8 Å². The van der Waals surface area contributed by atoms with Crippen LogP contribution in [-0.2, 0) is 0 Å². The van der Waals surface area contributed by atoms with Gasteiger partial charge in [0.25, 0.3) is 0 Å². The number of nitrogens with one attached hydrogen (secondary N) is 1. The van der Waals surface area contributed by atoms with Crippen LogP contribution in [0, 0.1) is 11.7 Å². The highest BCUT2D eigenvalue weighted by molar-refractivity contribution is 9.10. The number of fused-ring (bicyclic) bond motifs is 1. The Morgan fingerprint density at radius 1 is 1.16 bits per heavy atom. The fourth-order valence-electron chi connectivity index (χ4n) is 3.59. The molecule has 0 aliphatic carbocycles. The van der Waals surface area contributed by atoms with Crippen molar-refractivity contribution in [3.63, 3.8) is 0 Å². The van der Waals surface area contributed by atoms with E-state index in [2.05, 4.69) is 43.2 Å². The first-order valence-corrected chi connectivity index (χ1v) is 10.7. The van der Waals surface area contributed by atoms with E-state index in [-0.39, 0.29) is 11.3 Å². The number of nitrogens with zero attached hydrogens (tertiary/aromatic N) is 3. The van der Waals surface area contributed by atoms with Gasteiger partial charge < -0.3 is 25.2 Å². The zero-order chi connectivity index (χ0) is 21.1. The van der Waals surface area contributed by atoms with E-state index in [4.69, 9.17) is 9.47 Å². The van der Waals surface area contributed by atoms with Crippen molar-refractivity contribution in [1.82, 2.24) is 14.9 Å². The highest BCUT2D eigenvalue weighted by atomic mass is 79.9. The average molecular weight is 493 g/mol. The molecule has 2 heterocycles. The van der Waals surface area contributed by atoms with Gasteiger partial charge in [0.2, 0.25) is 0 Å². The molecule has 0 unspecified atom stereocenters. The number of benzene rings is 2. The van der Waals surface area contributed by atoms with E-state index >= 15 is 0 Å². The van der Waals surface area contributed by atoms with Crippen molar-refractivity contribution in [2.45, 2.75) is 12.8 Å². The van der Waals surface area contributed by atoms with Crippen LogP contribution in [0.5, 0.6) is 11.5 Å². The Balaban J connectivity index is 0.00000272. The minimum atomic E-state index is -0.374. The van der Waals surface area contributed by atoms with Crippen LogP contribution in [0.3, 0.4) is 0 Å². The van der Waals surface area contributed by atoms with Crippen LogP contribution in [0.1, 0.15) is 12.8 Å². The molecule has 3 aromatic rings. The van der Waals surface area contributed by atoms with Gasteiger partial charge in [-0.2, -0.15) is 0 Å². The molecular formula is C22H26BrFN4O3. The van der Waals surface area contributed by atoms with Gasteiger partial charge >= 0.3 is 0 Å². The summed E-state index contributed by atoms with van der Waals surface area (Å²) < 4.78 is 26.6. The molecule has 3 N–H and O–H groups in total. The summed E-state index contributed by atoms with van der Waals surface area (Å²) in [6, 6.07) is 8.52. The number of piperidine rings is 1. The predicted molar refractivity (Wildman–Crippen MR) is 123 cm³/mol. The second kappa shape index (κ2) is 10.2. The number of methoxy groups -OCH3 is 1. The summed E-state index contributed by atoms with van der Waals surface area (Å²) in [4.78, 5) is 11.0. The molecule has 7 nitrogen and oxygen atoms in total. The minimum Gasteiger partial charge on any atom is -0.493 e. The number of rotatable bonds is 6. The number of halogens is 2. The van der Waals surface area contributed by atoms with Gasteiger partial charge in [-0.15, -0.1) is 0 Å². The number of likely N-dealkylation sites (tertiary alicyclic amines) is 1. The molecule has 9 heteroatoms. The maximum Gasteiger partial charge on any atom is 0.163 e. The second-order valence-electron chi connectivity index (χ2n) is 7.55. The number of anilines is 2. The Morgan fingerprint density at radius 3 is 2.65 bits per heavy atom. The summed E-state index contributed by atoms with van der Waals surface area (Å²) in [5, 5.41) is 3.78. The van der Waals surface area contributed by atoms with E-state index in [0.717, 1.165) is 31.3 Å². The highest BCUT2D eigenvalue weighted by Gasteiger charge is 2.19. The Bertz CT molecular complexity index is 1040. The lowest BCUT2D eigenvalue weighted by Crippen LogP contribution is -2.32. The first-order valence-electron chi connectivity index (χ1n) is 9.89. The first-order chi connectivity index (χ1) is 14.5. The Kier molecular flexibility index (Phi) is 7.64. The van der Waals surface area contributed by atoms with Gasteiger partial charge in [-0.25, -0.2) is 14.4 Å². The van der Waals surface area contributed by atoms with Crippen LogP contribution >= 0.6 is 15.9 Å². The molecule has 1 aliphatic rings.